The van der Waals surface area contributed by atoms with Gasteiger partial charge in [-0.2, -0.15) is 0 Å². The van der Waals surface area contributed by atoms with Crippen LogP contribution in [0.3, 0.4) is 0 Å². The number of unbranched alkanes of at least 4 members (excludes halogenated alkanes) is 24. The summed E-state index contributed by atoms with van der Waals surface area (Å²) < 4.78 is 17.6. The van der Waals surface area contributed by atoms with Gasteiger partial charge >= 0.3 is 0 Å². The average molecular weight is 673 g/mol. The summed E-state index contributed by atoms with van der Waals surface area (Å²) in [4.78, 5) is 0. The quantitative estimate of drug-likeness (QED) is 0.0544. The van der Waals surface area contributed by atoms with Gasteiger partial charge in [0.15, 0.2) is 22.3 Å². The van der Waals surface area contributed by atoms with Crippen LogP contribution >= 0.6 is 24.4 Å². The van der Waals surface area contributed by atoms with Gasteiger partial charge in [-0.15, -0.1) is 0 Å². The minimum atomic E-state index is -0.911. The molecule has 0 radical (unpaired) electrons. The summed E-state index contributed by atoms with van der Waals surface area (Å²) in [6, 6.07) is 0. The number of hydrogen-bond donors (Lipinski definition) is 2. The van der Waals surface area contributed by atoms with E-state index in [4.69, 9.17) is 38.6 Å². The normalized spacial score (nSPS) is 18.7. The van der Waals surface area contributed by atoms with Crippen molar-refractivity contribution >= 4 is 34.5 Å². The molecule has 0 amide bonds. The molecule has 0 aromatic rings. The molecular formula is C38H72O5S2. The van der Waals surface area contributed by atoms with Crippen LogP contribution in [0.25, 0.3) is 0 Å². The predicted molar refractivity (Wildman–Crippen MR) is 198 cm³/mol. The molecule has 0 saturated carbocycles. The molecule has 0 aliphatic carbocycles. The van der Waals surface area contributed by atoms with Crippen LogP contribution in [-0.4, -0.2) is 57.9 Å². The first-order valence-electron chi connectivity index (χ1n) is 19.3. The molecule has 0 aromatic heterocycles. The van der Waals surface area contributed by atoms with Crippen LogP contribution < -0.4 is 0 Å². The van der Waals surface area contributed by atoms with Crippen LogP contribution in [0.5, 0.6) is 0 Å². The molecule has 1 aliphatic rings. The minimum Gasteiger partial charge on any atom is -0.479 e. The summed E-state index contributed by atoms with van der Waals surface area (Å²) in [5.74, 6) is 0. The standard InChI is InChI=1S/C38H72O5S2/c1-3-5-7-9-11-13-15-17-19-21-23-25-27-29-35(44)42-33(31-39)38-37(40)34(32-41-38)43-36(45)30-28-26-24-22-20-18-16-14-12-10-8-6-4-2/h33-34,37-40H,3-32H2,1-2H3/t33-,34+,37+,38+/m1/s1. The molecule has 266 valence electrons. The Hall–Kier alpha value is -0.340. The maximum absolute atomic E-state index is 10.9. The molecule has 0 spiro atoms. The highest BCUT2D eigenvalue weighted by Crippen LogP contribution is 2.24. The van der Waals surface area contributed by atoms with Crippen LogP contribution in [0.4, 0.5) is 0 Å². The largest absolute Gasteiger partial charge is 0.479 e. The van der Waals surface area contributed by atoms with Crippen molar-refractivity contribution in [3.8, 4) is 0 Å². The third-order valence-corrected chi connectivity index (χ3v) is 9.85. The van der Waals surface area contributed by atoms with Crippen molar-refractivity contribution in [2.75, 3.05) is 13.2 Å². The van der Waals surface area contributed by atoms with Crippen molar-refractivity contribution < 1.29 is 24.4 Å². The molecule has 0 aromatic carbocycles. The Labute approximate surface area is 289 Å². The zero-order valence-corrected chi connectivity index (χ0v) is 31.1. The molecule has 5 nitrogen and oxygen atoms in total. The van der Waals surface area contributed by atoms with E-state index in [1.54, 1.807) is 0 Å². The van der Waals surface area contributed by atoms with Crippen LogP contribution in [-0.2, 0) is 14.2 Å². The maximum Gasteiger partial charge on any atom is 0.160 e. The second kappa shape index (κ2) is 31.0. The third kappa shape index (κ3) is 23.6. The maximum atomic E-state index is 10.9. The van der Waals surface area contributed by atoms with Crippen molar-refractivity contribution in [1.82, 2.24) is 0 Å². The average Bonchev–Trinajstić information content (AvgIpc) is 3.39. The molecule has 1 aliphatic heterocycles. The van der Waals surface area contributed by atoms with Gasteiger partial charge in [0.05, 0.1) is 13.2 Å². The first-order chi connectivity index (χ1) is 22.0. The molecule has 2 N–H and O–H groups in total. The molecule has 1 rings (SSSR count). The summed E-state index contributed by atoms with van der Waals surface area (Å²) in [6.07, 6.45) is 32.7. The summed E-state index contributed by atoms with van der Waals surface area (Å²) in [5, 5.41) is 21.8. The van der Waals surface area contributed by atoms with Crippen LogP contribution in [0.2, 0.25) is 0 Å². The Balaban J connectivity index is 2.06. The molecule has 4 atom stereocenters. The fraction of sp³-hybridized carbons (Fsp3) is 0.947. The lowest BCUT2D eigenvalue weighted by Gasteiger charge is -2.26. The zero-order chi connectivity index (χ0) is 32.8. The topological polar surface area (TPSA) is 68.2 Å². The highest BCUT2D eigenvalue weighted by Gasteiger charge is 2.43. The smallest absolute Gasteiger partial charge is 0.160 e. The number of aliphatic hydroxyl groups is 2. The lowest BCUT2D eigenvalue weighted by atomic mass is 10.0. The van der Waals surface area contributed by atoms with Crippen LogP contribution in [0, 0.1) is 0 Å². The van der Waals surface area contributed by atoms with Gasteiger partial charge in [-0.1, -0.05) is 168 Å². The van der Waals surface area contributed by atoms with E-state index in [2.05, 4.69) is 13.8 Å². The van der Waals surface area contributed by atoms with Crippen LogP contribution in [0.15, 0.2) is 0 Å². The second-order valence-electron chi connectivity index (χ2n) is 13.5. The van der Waals surface area contributed by atoms with Crippen molar-refractivity contribution in [3.63, 3.8) is 0 Å². The van der Waals surface area contributed by atoms with E-state index >= 15 is 0 Å². The number of hydrogen-bond acceptors (Lipinski definition) is 7. The molecule has 0 bridgehead atoms. The summed E-state index contributed by atoms with van der Waals surface area (Å²) >= 11 is 10.9. The van der Waals surface area contributed by atoms with E-state index in [-0.39, 0.29) is 13.2 Å². The fourth-order valence-corrected chi connectivity index (χ4v) is 6.82. The molecule has 1 saturated heterocycles. The highest BCUT2D eigenvalue weighted by atomic mass is 32.1. The number of ether oxygens (including phenoxy) is 3. The Kier molecular flexibility index (Phi) is 29.4. The molecule has 1 fully saturated rings. The minimum absolute atomic E-state index is 0.232. The number of thiocarbonyl (C=S) groups is 2. The van der Waals surface area contributed by atoms with E-state index < -0.39 is 24.4 Å². The number of rotatable bonds is 32. The van der Waals surface area contributed by atoms with Crippen molar-refractivity contribution in [2.24, 2.45) is 0 Å². The third-order valence-electron chi connectivity index (χ3n) is 9.25. The van der Waals surface area contributed by atoms with Crippen molar-refractivity contribution in [2.45, 2.75) is 218 Å². The van der Waals surface area contributed by atoms with Gasteiger partial charge in [0.2, 0.25) is 0 Å². The SMILES string of the molecule is CCCCCCCCCCCCCCCC(=S)O[C@H]1CO[C@@H]([C@@H](CO)OC(=S)CCCCCCCCCCCCCCC)[C@H]1O. The molecule has 7 heteroatoms. The van der Waals surface area contributed by atoms with Crippen molar-refractivity contribution in [3.05, 3.63) is 0 Å². The lowest BCUT2D eigenvalue weighted by molar-refractivity contribution is -0.0615. The molecular weight excluding hydrogens is 601 g/mol. The highest BCUT2D eigenvalue weighted by molar-refractivity contribution is 7.80. The van der Waals surface area contributed by atoms with E-state index in [0.29, 0.717) is 16.5 Å². The van der Waals surface area contributed by atoms with Gasteiger partial charge in [0, 0.05) is 12.8 Å². The first kappa shape index (κ1) is 42.7. The first-order valence-corrected chi connectivity index (χ1v) is 20.1. The Morgan fingerprint density at radius 1 is 0.600 bits per heavy atom. The monoisotopic (exact) mass is 672 g/mol. The van der Waals surface area contributed by atoms with E-state index in [0.717, 1.165) is 32.1 Å². The van der Waals surface area contributed by atoms with E-state index in [1.807, 2.05) is 0 Å². The molecule has 1 heterocycles. The summed E-state index contributed by atoms with van der Waals surface area (Å²) in [6.45, 7) is 4.51. The second-order valence-corrected chi connectivity index (χ2v) is 14.4. The summed E-state index contributed by atoms with van der Waals surface area (Å²) in [7, 11) is 0. The molecule has 45 heavy (non-hydrogen) atoms. The van der Waals surface area contributed by atoms with Crippen LogP contribution in [0.1, 0.15) is 194 Å². The zero-order valence-electron chi connectivity index (χ0n) is 29.5. The fourth-order valence-electron chi connectivity index (χ4n) is 6.28. The van der Waals surface area contributed by atoms with E-state index in [9.17, 15) is 10.2 Å². The van der Waals surface area contributed by atoms with Gasteiger partial charge in [-0.25, -0.2) is 0 Å². The van der Waals surface area contributed by atoms with E-state index in [1.165, 1.54) is 141 Å². The van der Waals surface area contributed by atoms with Gasteiger partial charge < -0.3 is 24.4 Å². The number of aliphatic hydroxyl groups excluding tert-OH is 2. The van der Waals surface area contributed by atoms with Gasteiger partial charge in [0.1, 0.15) is 12.2 Å². The lowest BCUT2D eigenvalue weighted by Crippen LogP contribution is -2.43. The Morgan fingerprint density at radius 3 is 1.33 bits per heavy atom. The predicted octanol–water partition coefficient (Wildman–Crippen LogP) is 11.1. The van der Waals surface area contributed by atoms with Gasteiger partial charge in [-0.3, -0.25) is 0 Å². The van der Waals surface area contributed by atoms with Gasteiger partial charge in [0.25, 0.3) is 0 Å². The summed E-state index contributed by atoms with van der Waals surface area (Å²) in [5.41, 5.74) is 0. The van der Waals surface area contributed by atoms with Gasteiger partial charge in [-0.05, 0) is 37.3 Å². The van der Waals surface area contributed by atoms with Crippen molar-refractivity contribution in [1.29, 1.82) is 0 Å². The Bertz CT molecular complexity index is 691. The Morgan fingerprint density at radius 2 is 0.956 bits per heavy atom. The molecule has 0 unspecified atom stereocenters.